The van der Waals surface area contributed by atoms with Crippen molar-refractivity contribution in [1.29, 1.82) is 0 Å². The lowest BCUT2D eigenvalue weighted by atomic mass is 9.90. The van der Waals surface area contributed by atoms with Gasteiger partial charge < -0.3 is 0 Å². The Kier molecular flexibility index (Phi) is 7.25. The Morgan fingerprint density at radius 2 is 1.62 bits per heavy atom. The van der Waals surface area contributed by atoms with Crippen LogP contribution in [0.1, 0.15) is 61.3 Å². The highest BCUT2D eigenvalue weighted by Crippen LogP contribution is 2.17. The molecule has 0 rings (SSSR count). The van der Waals surface area contributed by atoms with Crippen molar-refractivity contribution in [3.63, 3.8) is 0 Å². The Labute approximate surface area is 103 Å². The van der Waals surface area contributed by atoms with Crippen LogP contribution in [0.15, 0.2) is 0 Å². The number of nitrogens with one attached hydrogen (secondary N) is 2. The zero-order chi connectivity index (χ0) is 12.8. The summed E-state index contributed by atoms with van der Waals surface area (Å²) >= 11 is 0. The van der Waals surface area contributed by atoms with Crippen LogP contribution in [0.5, 0.6) is 0 Å². The normalized spacial score (nSPS) is 13.1. The Balaban J connectivity index is 3.94. The van der Waals surface area contributed by atoms with Crippen molar-refractivity contribution in [2.45, 2.75) is 66.8 Å². The average molecular weight is 227 g/mol. The first-order chi connectivity index (χ1) is 7.33. The molecule has 2 nitrogen and oxygen atoms in total. The van der Waals surface area contributed by atoms with Crippen LogP contribution < -0.4 is 10.6 Å². The van der Waals surface area contributed by atoms with Gasteiger partial charge in [-0.25, -0.2) is 0 Å². The fraction of sp³-hybridized carbons (Fsp3) is 0.929. The summed E-state index contributed by atoms with van der Waals surface area (Å²) in [6.45, 7) is 16.7. The molecule has 0 aromatic rings. The maximum absolute atomic E-state index is 3.56. The third-order valence-electron chi connectivity index (χ3n) is 3.76. The van der Waals surface area contributed by atoms with E-state index in [1.54, 1.807) is 0 Å². The van der Waals surface area contributed by atoms with Gasteiger partial charge in [0, 0.05) is 5.54 Å². The number of hydrogen-bond acceptors (Lipinski definition) is 2. The molecular formula is C14H31N2. The Morgan fingerprint density at radius 3 is 2.00 bits per heavy atom. The molecule has 0 aliphatic carbocycles. The van der Waals surface area contributed by atoms with Crippen LogP contribution >= 0.6 is 0 Å². The maximum atomic E-state index is 3.56. The molecule has 0 unspecified atom stereocenters. The summed E-state index contributed by atoms with van der Waals surface area (Å²) in [6, 6.07) is 0. The standard InChI is InChI=1S/C14H31N2/c1-8-13(9-2)10-15-12(5)16-14(6,7)11(3)4/h11,13,15-16H,8-10H2,1-7H3. The highest BCUT2D eigenvalue weighted by molar-refractivity contribution is 4.91. The van der Waals surface area contributed by atoms with Crippen molar-refractivity contribution in [3.8, 4) is 0 Å². The van der Waals surface area contributed by atoms with Crippen LogP contribution in [0, 0.1) is 18.0 Å². The molecule has 0 atom stereocenters. The van der Waals surface area contributed by atoms with Gasteiger partial charge in [-0.3, -0.25) is 10.6 Å². The van der Waals surface area contributed by atoms with E-state index < -0.39 is 0 Å². The fourth-order valence-corrected chi connectivity index (χ4v) is 1.55. The zero-order valence-corrected chi connectivity index (χ0v) is 12.3. The van der Waals surface area contributed by atoms with Crippen LogP contribution in [0.3, 0.4) is 0 Å². The lowest BCUT2D eigenvalue weighted by Gasteiger charge is -2.34. The van der Waals surface area contributed by atoms with Crippen LogP contribution in [0.25, 0.3) is 0 Å². The summed E-state index contributed by atoms with van der Waals surface area (Å²) in [5.74, 6) is 1.41. The number of hydrogen-bond donors (Lipinski definition) is 2. The summed E-state index contributed by atoms with van der Waals surface area (Å²) < 4.78 is 0. The molecule has 2 N–H and O–H groups in total. The van der Waals surface area contributed by atoms with Crippen molar-refractivity contribution in [3.05, 3.63) is 6.17 Å². The van der Waals surface area contributed by atoms with Crippen LogP contribution in [0.4, 0.5) is 0 Å². The minimum atomic E-state index is 0.158. The van der Waals surface area contributed by atoms with Crippen molar-refractivity contribution in [2.24, 2.45) is 11.8 Å². The quantitative estimate of drug-likeness (QED) is 0.662. The van der Waals surface area contributed by atoms with Crippen molar-refractivity contribution in [2.75, 3.05) is 6.54 Å². The molecule has 0 heterocycles. The molecule has 0 aromatic heterocycles. The van der Waals surface area contributed by atoms with E-state index in [2.05, 4.69) is 59.1 Å². The second-order valence-corrected chi connectivity index (χ2v) is 5.69. The van der Waals surface area contributed by atoms with Gasteiger partial charge in [0.05, 0.1) is 6.17 Å². The molecule has 0 amide bonds. The largest absolute Gasteiger partial charge is 0.297 e. The van der Waals surface area contributed by atoms with Gasteiger partial charge in [-0.15, -0.1) is 0 Å². The third kappa shape index (κ3) is 5.86. The molecule has 97 valence electrons. The molecule has 0 aromatic carbocycles. The van der Waals surface area contributed by atoms with Crippen LogP contribution in [0.2, 0.25) is 0 Å². The summed E-state index contributed by atoms with van der Waals surface area (Å²) in [4.78, 5) is 0. The second-order valence-electron chi connectivity index (χ2n) is 5.69. The molecule has 0 spiro atoms. The van der Waals surface area contributed by atoms with Gasteiger partial charge >= 0.3 is 0 Å². The monoisotopic (exact) mass is 227 g/mol. The Morgan fingerprint density at radius 1 is 1.12 bits per heavy atom. The summed E-state index contributed by atoms with van der Waals surface area (Å²) in [6.07, 6.45) is 3.71. The topological polar surface area (TPSA) is 24.1 Å². The minimum absolute atomic E-state index is 0.158. The fourth-order valence-electron chi connectivity index (χ4n) is 1.55. The predicted octanol–water partition coefficient (Wildman–Crippen LogP) is 3.55. The molecule has 2 heteroatoms. The van der Waals surface area contributed by atoms with E-state index in [9.17, 15) is 0 Å². The predicted molar refractivity (Wildman–Crippen MR) is 73.0 cm³/mol. The molecule has 16 heavy (non-hydrogen) atoms. The van der Waals surface area contributed by atoms with Gasteiger partial charge in [0.1, 0.15) is 0 Å². The van der Waals surface area contributed by atoms with Gasteiger partial charge in [-0.05, 0) is 39.2 Å². The molecule has 0 aliphatic rings. The smallest absolute Gasteiger partial charge is 0.0983 e. The second kappa shape index (κ2) is 7.29. The first-order valence-electron chi connectivity index (χ1n) is 6.69. The molecule has 1 radical (unpaired) electrons. The first-order valence-corrected chi connectivity index (χ1v) is 6.69. The van der Waals surface area contributed by atoms with E-state index in [1.165, 1.54) is 19.0 Å². The maximum Gasteiger partial charge on any atom is 0.0983 e. The van der Waals surface area contributed by atoms with E-state index in [-0.39, 0.29) is 5.54 Å². The van der Waals surface area contributed by atoms with Crippen molar-refractivity contribution in [1.82, 2.24) is 10.6 Å². The van der Waals surface area contributed by atoms with E-state index >= 15 is 0 Å². The number of rotatable bonds is 8. The van der Waals surface area contributed by atoms with E-state index in [4.69, 9.17) is 0 Å². The van der Waals surface area contributed by atoms with E-state index in [0.29, 0.717) is 5.92 Å². The molecular weight excluding hydrogens is 196 g/mol. The van der Waals surface area contributed by atoms with Crippen LogP contribution in [-0.2, 0) is 0 Å². The van der Waals surface area contributed by atoms with Gasteiger partial charge in [-0.2, -0.15) is 0 Å². The van der Waals surface area contributed by atoms with Gasteiger partial charge in [0.15, 0.2) is 0 Å². The first kappa shape index (κ1) is 15.9. The average Bonchev–Trinajstić information content (AvgIpc) is 2.18. The third-order valence-corrected chi connectivity index (χ3v) is 3.76. The lowest BCUT2D eigenvalue weighted by Crippen LogP contribution is -2.49. The lowest BCUT2D eigenvalue weighted by molar-refractivity contribution is 0.277. The minimum Gasteiger partial charge on any atom is -0.297 e. The molecule has 0 saturated carbocycles. The SMILES string of the molecule is CCC(CC)CN[C](C)NC(C)(C)C(C)C. The Hall–Kier alpha value is -0.0800. The van der Waals surface area contributed by atoms with Crippen molar-refractivity contribution < 1.29 is 0 Å². The summed E-state index contributed by atoms with van der Waals surface area (Å²) in [5.41, 5.74) is 0.158. The highest BCUT2D eigenvalue weighted by atomic mass is 15.1. The van der Waals surface area contributed by atoms with Gasteiger partial charge in [-0.1, -0.05) is 40.5 Å². The molecule has 0 bridgehead atoms. The van der Waals surface area contributed by atoms with Gasteiger partial charge in [0.25, 0.3) is 0 Å². The van der Waals surface area contributed by atoms with Gasteiger partial charge in [0.2, 0.25) is 0 Å². The van der Waals surface area contributed by atoms with Crippen molar-refractivity contribution >= 4 is 0 Å². The van der Waals surface area contributed by atoms with E-state index in [0.717, 1.165) is 12.5 Å². The molecule has 0 aliphatic heterocycles. The zero-order valence-electron chi connectivity index (χ0n) is 12.3. The summed E-state index contributed by atoms with van der Waals surface area (Å²) in [5, 5.41) is 7.07. The van der Waals surface area contributed by atoms with E-state index in [1.807, 2.05) is 0 Å². The molecule has 0 fully saturated rings. The molecule has 0 saturated heterocycles. The van der Waals surface area contributed by atoms with Crippen LogP contribution in [-0.4, -0.2) is 12.1 Å². The highest BCUT2D eigenvalue weighted by Gasteiger charge is 2.24. The Bertz CT molecular complexity index is 172. The summed E-state index contributed by atoms with van der Waals surface area (Å²) in [7, 11) is 0.